The van der Waals surface area contributed by atoms with Gasteiger partial charge < -0.3 is 25.4 Å². The van der Waals surface area contributed by atoms with Crippen LogP contribution in [0.2, 0.25) is 0 Å². The average molecular weight is 311 g/mol. The predicted molar refractivity (Wildman–Crippen MR) is 79.0 cm³/mol. The lowest BCUT2D eigenvalue weighted by Gasteiger charge is -2.39. The van der Waals surface area contributed by atoms with Crippen LogP contribution >= 0.6 is 0 Å². The smallest absolute Gasteiger partial charge is 0.247 e. The highest BCUT2D eigenvalue weighted by Gasteiger charge is 2.40. The van der Waals surface area contributed by atoms with Gasteiger partial charge in [0.1, 0.15) is 12.2 Å². The quantitative estimate of drug-likeness (QED) is 0.576. The van der Waals surface area contributed by atoms with Crippen LogP contribution in [0.5, 0.6) is 0 Å². The van der Waals surface area contributed by atoms with E-state index in [0.717, 1.165) is 25.7 Å². The maximum atomic E-state index is 12.3. The predicted octanol–water partition coefficient (Wildman–Crippen LogP) is 0.00720. The van der Waals surface area contributed by atoms with Crippen LogP contribution in [0.3, 0.4) is 0 Å². The molecule has 4 atom stereocenters. The van der Waals surface area contributed by atoms with Crippen LogP contribution in [0.1, 0.15) is 44.9 Å². The number of carbonyl (C=O) groups excluding carboxylic acids is 1. The van der Waals surface area contributed by atoms with Crippen LogP contribution in [0, 0.1) is 0 Å². The molecule has 0 bridgehead atoms. The minimum Gasteiger partial charge on any atom is -0.390 e. The number of aliphatic hydroxyl groups excluding tert-OH is 3. The van der Waals surface area contributed by atoms with E-state index in [-0.39, 0.29) is 24.0 Å². The molecule has 1 saturated heterocycles. The van der Waals surface area contributed by atoms with E-state index in [1.54, 1.807) is 0 Å². The number of ether oxygens (including phenoxy) is 1. The van der Waals surface area contributed by atoms with Gasteiger partial charge in [0, 0.05) is 24.6 Å². The standard InChI is InChI=1S/C16H25NO5/c18-12-7-10(8-13(19)14(12)20)15(21)17-11-3-6-22-16(9-11)4-1-2-5-16/h7,11-14,18-20H,1-6,8-9H2,(H,17,21)/t11?,12-,13-,14-/m1/s1. The summed E-state index contributed by atoms with van der Waals surface area (Å²) < 4.78 is 5.95. The van der Waals surface area contributed by atoms with Gasteiger partial charge in [-0.15, -0.1) is 0 Å². The Morgan fingerprint density at radius 2 is 2.00 bits per heavy atom. The molecule has 1 spiro atoms. The van der Waals surface area contributed by atoms with Crippen LogP contribution in [0.4, 0.5) is 0 Å². The third-order valence-electron chi connectivity index (χ3n) is 5.18. The molecule has 4 N–H and O–H groups in total. The fourth-order valence-corrected chi connectivity index (χ4v) is 3.91. The van der Waals surface area contributed by atoms with Crippen molar-refractivity contribution in [1.29, 1.82) is 0 Å². The van der Waals surface area contributed by atoms with Crippen molar-refractivity contribution in [3.63, 3.8) is 0 Å². The van der Waals surface area contributed by atoms with Crippen molar-refractivity contribution < 1.29 is 24.9 Å². The number of rotatable bonds is 2. The number of hydrogen-bond acceptors (Lipinski definition) is 5. The molecule has 1 saturated carbocycles. The zero-order valence-corrected chi connectivity index (χ0v) is 12.7. The lowest BCUT2D eigenvalue weighted by molar-refractivity contribution is -0.123. The van der Waals surface area contributed by atoms with Crippen molar-refractivity contribution in [2.75, 3.05) is 6.61 Å². The van der Waals surface area contributed by atoms with Crippen LogP contribution in [-0.2, 0) is 9.53 Å². The monoisotopic (exact) mass is 311 g/mol. The molecule has 1 amide bonds. The summed E-state index contributed by atoms with van der Waals surface area (Å²) in [5.41, 5.74) is 0.282. The Morgan fingerprint density at radius 3 is 2.68 bits per heavy atom. The summed E-state index contributed by atoms with van der Waals surface area (Å²) in [6.07, 6.45) is 4.00. The van der Waals surface area contributed by atoms with Gasteiger partial charge in [-0.1, -0.05) is 12.8 Å². The largest absolute Gasteiger partial charge is 0.390 e. The molecule has 124 valence electrons. The van der Waals surface area contributed by atoms with Gasteiger partial charge in [0.2, 0.25) is 5.91 Å². The zero-order valence-electron chi connectivity index (χ0n) is 12.7. The third-order valence-corrected chi connectivity index (χ3v) is 5.18. The van der Waals surface area contributed by atoms with Gasteiger partial charge in [-0.25, -0.2) is 0 Å². The van der Waals surface area contributed by atoms with E-state index in [9.17, 15) is 20.1 Å². The highest BCUT2D eigenvalue weighted by atomic mass is 16.5. The van der Waals surface area contributed by atoms with Gasteiger partial charge in [0.05, 0.1) is 11.7 Å². The average Bonchev–Trinajstić information content (AvgIpc) is 2.92. The molecule has 3 rings (SSSR count). The highest BCUT2D eigenvalue weighted by molar-refractivity contribution is 5.94. The van der Waals surface area contributed by atoms with Crippen LogP contribution in [-0.4, -0.2) is 57.8 Å². The fraction of sp³-hybridized carbons (Fsp3) is 0.812. The third kappa shape index (κ3) is 3.20. The Morgan fingerprint density at radius 1 is 1.27 bits per heavy atom. The van der Waals surface area contributed by atoms with Gasteiger partial charge >= 0.3 is 0 Å². The Kier molecular flexibility index (Phi) is 4.54. The second-order valence-corrected chi connectivity index (χ2v) is 6.85. The lowest BCUT2D eigenvalue weighted by atomic mass is 9.88. The molecule has 0 aromatic carbocycles. The van der Waals surface area contributed by atoms with Crippen molar-refractivity contribution >= 4 is 5.91 Å². The molecule has 1 heterocycles. The van der Waals surface area contributed by atoms with Crippen LogP contribution in [0.15, 0.2) is 11.6 Å². The van der Waals surface area contributed by atoms with Crippen molar-refractivity contribution in [2.45, 2.75) is 74.9 Å². The molecule has 6 nitrogen and oxygen atoms in total. The SMILES string of the molecule is O=C(NC1CCOC2(CCCC2)C1)C1=C[C@@H](O)[C@@H](O)[C@H](O)C1. The summed E-state index contributed by atoms with van der Waals surface area (Å²) in [4.78, 5) is 12.3. The van der Waals surface area contributed by atoms with Crippen molar-refractivity contribution in [3.8, 4) is 0 Å². The van der Waals surface area contributed by atoms with Gasteiger partial charge in [0.25, 0.3) is 0 Å². The number of nitrogens with one attached hydrogen (secondary N) is 1. The first kappa shape index (κ1) is 15.9. The molecular weight excluding hydrogens is 286 g/mol. The van der Waals surface area contributed by atoms with Crippen LogP contribution in [0.25, 0.3) is 0 Å². The number of aliphatic hydroxyl groups is 3. The Hall–Kier alpha value is -0.950. The Balaban J connectivity index is 1.61. The molecule has 3 aliphatic rings. The fourth-order valence-electron chi connectivity index (χ4n) is 3.91. The second kappa shape index (κ2) is 6.28. The first-order valence-electron chi connectivity index (χ1n) is 8.19. The minimum absolute atomic E-state index is 0.0631. The van der Waals surface area contributed by atoms with E-state index in [1.807, 2.05) is 0 Å². The first-order valence-corrected chi connectivity index (χ1v) is 8.19. The van der Waals surface area contributed by atoms with Gasteiger partial charge in [-0.05, 0) is 31.8 Å². The molecule has 2 aliphatic carbocycles. The summed E-state index contributed by atoms with van der Waals surface area (Å²) in [5, 5.41) is 31.9. The summed E-state index contributed by atoms with van der Waals surface area (Å²) in [7, 11) is 0. The van der Waals surface area contributed by atoms with Crippen molar-refractivity contribution in [2.24, 2.45) is 0 Å². The molecular formula is C16H25NO5. The Bertz CT molecular complexity index is 457. The van der Waals surface area contributed by atoms with E-state index in [0.29, 0.717) is 12.2 Å². The lowest BCUT2D eigenvalue weighted by Crippen LogP contribution is -2.49. The van der Waals surface area contributed by atoms with Gasteiger partial charge in [-0.3, -0.25) is 4.79 Å². The van der Waals surface area contributed by atoms with E-state index in [2.05, 4.69) is 5.32 Å². The summed E-state index contributed by atoms with van der Waals surface area (Å²) in [5.74, 6) is -0.259. The number of hydrogen-bond donors (Lipinski definition) is 4. The van der Waals surface area contributed by atoms with E-state index in [1.165, 1.54) is 18.9 Å². The molecule has 0 aromatic heterocycles. The number of carbonyl (C=O) groups is 1. The first-order chi connectivity index (χ1) is 10.5. The molecule has 1 unspecified atom stereocenters. The minimum atomic E-state index is -1.22. The van der Waals surface area contributed by atoms with Crippen molar-refractivity contribution in [3.05, 3.63) is 11.6 Å². The molecule has 6 heteroatoms. The molecule has 0 radical (unpaired) electrons. The highest BCUT2D eigenvalue weighted by Crippen LogP contribution is 2.40. The summed E-state index contributed by atoms with van der Waals surface area (Å²) in [6, 6.07) is 0.0707. The van der Waals surface area contributed by atoms with Crippen LogP contribution < -0.4 is 5.32 Å². The van der Waals surface area contributed by atoms with Crippen molar-refractivity contribution in [1.82, 2.24) is 5.32 Å². The zero-order chi connectivity index (χ0) is 15.7. The molecule has 0 aromatic rings. The summed E-state index contributed by atoms with van der Waals surface area (Å²) >= 11 is 0. The second-order valence-electron chi connectivity index (χ2n) is 6.85. The van der Waals surface area contributed by atoms with E-state index in [4.69, 9.17) is 4.74 Å². The normalized spacial score (nSPS) is 37.9. The summed E-state index contributed by atoms with van der Waals surface area (Å²) in [6.45, 7) is 0.661. The topological polar surface area (TPSA) is 99.0 Å². The maximum Gasteiger partial charge on any atom is 0.247 e. The molecule has 2 fully saturated rings. The number of amides is 1. The Labute approximate surface area is 130 Å². The maximum absolute atomic E-state index is 12.3. The van der Waals surface area contributed by atoms with E-state index < -0.39 is 18.3 Å². The van der Waals surface area contributed by atoms with E-state index >= 15 is 0 Å². The van der Waals surface area contributed by atoms with Gasteiger partial charge in [0.15, 0.2) is 0 Å². The molecule has 1 aliphatic heterocycles. The van der Waals surface area contributed by atoms with Gasteiger partial charge in [-0.2, -0.15) is 0 Å². The molecule has 22 heavy (non-hydrogen) atoms.